The maximum Gasteiger partial charge on any atom is 0.108 e. The lowest BCUT2D eigenvalue weighted by Crippen LogP contribution is -2.24. The normalized spacial score (nSPS) is 16.8. The number of nitrogens with two attached hydrogens (primary N) is 1. The van der Waals surface area contributed by atoms with Crippen LogP contribution in [0.25, 0.3) is 0 Å². The molecule has 3 N–H and O–H groups in total. The van der Waals surface area contributed by atoms with E-state index in [2.05, 4.69) is 6.92 Å². The Morgan fingerprint density at radius 3 is 2.31 bits per heavy atom. The van der Waals surface area contributed by atoms with Crippen LogP contribution >= 0.6 is 0 Å². The zero-order chi connectivity index (χ0) is 10.3. The first kappa shape index (κ1) is 12.5. The van der Waals surface area contributed by atoms with Gasteiger partial charge >= 0.3 is 0 Å². The summed E-state index contributed by atoms with van der Waals surface area (Å²) in [6.07, 6.45) is 5.28. The van der Waals surface area contributed by atoms with E-state index in [4.69, 9.17) is 5.73 Å². The van der Waals surface area contributed by atoms with E-state index in [9.17, 15) is 5.11 Å². The molecular weight excluding hydrogens is 162 g/mol. The van der Waals surface area contributed by atoms with Gasteiger partial charge < -0.3 is 10.8 Å². The van der Waals surface area contributed by atoms with Gasteiger partial charge in [0.25, 0.3) is 0 Å². The molecule has 1 aliphatic carbocycles. The van der Waals surface area contributed by atoms with Crippen LogP contribution < -0.4 is 5.73 Å². The van der Waals surface area contributed by atoms with Gasteiger partial charge in [-0.15, -0.1) is 0 Å². The van der Waals surface area contributed by atoms with Gasteiger partial charge in [0.05, 0.1) is 6.04 Å². The Kier molecular flexibility index (Phi) is 6.69. The fourth-order valence-electron chi connectivity index (χ4n) is 1.32. The molecule has 78 valence electrons. The fourth-order valence-corrected chi connectivity index (χ4v) is 1.32. The minimum absolute atomic E-state index is 0.102. The summed E-state index contributed by atoms with van der Waals surface area (Å²) in [6, 6.07) is -0.102. The third kappa shape index (κ3) is 3.81. The topological polar surface area (TPSA) is 46.2 Å². The summed E-state index contributed by atoms with van der Waals surface area (Å²) >= 11 is 0. The van der Waals surface area contributed by atoms with Crippen molar-refractivity contribution < 1.29 is 5.11 Å². The minimum atomic E-state index is -0.102. The number of hydrogen-bond donors (Lipinski definition) is 2. The van der Waals surface area contributed by atoms with Crippen LogP contribution in [0.1, 0.15) is 52.9 Å². The van der Waals surface area contributed by atoms with Gasteiger partial charge in [0.15, 0.2) is 0 Å². The molecule has 2 heteroatoms. The Labute approximate surface area is 81.8 Å². The van der Waals surface area contributed by atoms with Crippen molar-refractivity contribution in [2.24, 2.45) is 5.73 Å². The summed E-state index contributed by atoms with van der Waals surface area (Å²) in [7, 11) is 0. The lowest BCUT2D eigenvalue weighted by Gasteiger charge is -2.21. The van der Waals surface area contributed by atoms with Gasteiger partial charge in [0.2, 0.25) is 0 Å². The molecule has 1 fully saturated rings. The number of aliphatic hydroxyl groups is 1. The largest absolute Gasteiger partial charge is 0.511 e. The second-order valence-electron chi connectivity index (χ2n) is 3.24. The highest BCUT2D eigenvalue weighted by atomic mass is 16.3. The number of aliphatic hydroxyl groups excluding tert-OH is 1. The predicted molar refractivity (Wildman–Crippen MR) is 57.7 cm³/mol. The van der Waals surface area contributed by atoms with Crippen LogP contribution in [-0.4, -0.2) is 11.1 Å². The van der Waals surface area contributed by atoms with Crippen LogP contribution in [0.3, 0.4) is 0 Å². The average molecular weight is 185 g/mol. The fraction of sp³-hybridized carbons (Fsp3) is 0.818. The smallest absolute Gasteiger partial charge is 0.108 e. The summed E-state index contributed by atoms with van der Waals surface area (Å²) in [5.74, 6) is 0.470. The molecule has 0 amide bonds. The zero-order valence-electron chi connectivity index (χ0n) is 9.14. The standard InChI is InChI=1S/C9H17NO.C2H6/c1-2-4-8(10)9(11)7-5-3-6-7;1-2/h8,11H,2-6,10H2,1H3;1-2H3. The van der Waals surface area contributed by atoms with Crippen molar-refractivity contribution >= 4 is 0 Å². The quantitative estimate of drug-likeness (QED) is 0.663. The van der Waals surface area contributed by atoms with Gasteiger partial charge in [-0.3, -0.25) is 0 Å². The van der Waals surface area contributed by atoms with Gasteiger partial charge in [-0.05, 0) is 31.3 Å². The predicted octanol–water partition coefficient (Wildman–Crippen LogP) is 3.14. The van der Waals surface area contributed by atoms with Crippen molar-refractivity contribution in [3.63, 3.8) is 0 Å². The molecule has 1 unspecified atom stereocenters. The molecule has 1 saturated carbocycles. The van der Waals surface area contributed by atoms with Gasteiger partial charge in [-0.1, -0.05) is 27.2 Å². The lowest BCUT2D eigenvalue weighted by molar-refractivity contribution is 0.337. The van der Waals surface area contributed by atoms with Crippen LogP contribution in [0.5, 0.6) is 0 Å². The summed E-state index contributed by atoms with van der Waals surface area (Å²) in [5, 5.41) is 9.52. The van der Waals surface area contributed by atoms with E-state index in [0.29, 0.717) is 5.76 Å². The van der Waals surface area contributed by atoms with Crippen LogP contribution in [0.15, 0.2) is 11.3 Å². The summed E-state index contributed by atoms with van der Waals surface area (Å²) < 4.78 is 0. The van der Waals surface area contributed by atoms with E-state index in [1.165, 1.54) is 12.0 Å². The van der Waals surface area contributed by atoms with E-state index < -0.39 is 0 Å². The van der Waals surface area contributed by atoms with Gasteiger partial charge in [-0.2, -0.15) is 0 Å². The summed E-state index contributed by atoms with van der Waals surface area (Å²) in [6.45, 7) is 6.08. The molecule has 0 aromatic carbocycles. The molecule has 0 aromatic heterocycles. The molecule has 0 saturated heterocycles. The maximum absolute atomic E-state index is 9.52. The van der Waals surface area contributed by atoms with Crippen LogP contribution in [0.4, 0.5) is 0 Å². The molecule has 0 heterocycles. The van der Waals surface area contributed by atoms with E-state index in [-0.39, 0.29) is 6.04 Å². The molecule has 1 aliphatic rings. The maximum atomic E-state index is 9.52. The Morgan fingerprint density at radius 2 is 2.00 bits per heavy atom. The van der Waals surface area contributed by atoms with Gasteiger partial charge in [-0.25, -0.2) is 0 Å². The lowest BCUT2D eigenvalue weighted by atomic mass is 9.89. The average Bonchev–Trinajstić information content (AvgIpc) is 2.05. The molecule has 13 heavy (non-hydrogen) atoms. The molecule has 2 nitrogen and oxygen atoms in total. The van der Waals surface area contributed by atoms with E-state index in [1.807, 2.05) is 13.8 Å². The molecule has 0 radical (unpaired) electrons. The van der Waals surface area contributed by atoms with Crippen molar-refractivity contribution in [3.8, 4) is 0 Å². The number of hydrogen-bond acceptors (Lipinski definition) is 2. The minimum Gasteiger partial charge on any atom is -0.511 e. The highest BCUT2D eigenvalue weighted by molar-refractivity contribution is 5.17. The van der Waals surface area contributed by atoms with Crippen molar-refractivity contribution in [3.05, 3.63) is 11.3 Å². The highest BCUT2D eigenvalue weighted by Gasteiger charge is 2.17. The van der Waals surface area contributed by atoms with Crippen LogP contribution in [0, 0.1) is 0 Å². The molecule has 0 aliphatic heterocycles. The van der Waals surface area contributed by atoms with Crippen molar-refractivity contribution in [1.29, 1.82) is 0 Å². The SMILES string of the molecule is CC.CCCC(N)C(O)=C1CCC1. The Hall–Kier alpha value is -0.500. The molecular formula is C11H23NO. The molecule has 0 aromatic rings. The first-order valence-corrected chi connectivity index (χ1v) is 5.42. The number of rotatable bonds is 3. The molecule has 0 bridgehead atoms. The Balaban J connectivity index is 0.000000671. The molecule has 1 rings (SSSR count). The van der Waals surface area contributed by atoms with Gasteiger partial charge in [0, 0.05) is 0 Å². The summed E-state index contributed by atoms with van der Waals surface area (Å²) in [4.78, 5) is 0. The highest BCUT2D eigenvalue weighted by Crippen LogP contribution is 2.29. The first-order valence-electron chi connectivity index (χ1n) is 5.42. The van der Waals surface area contributed by atoms with Gasteiger partial charge in [0.1, 0.15) is 5.76 Å². The van der Waals surface area contributed by atoms with Crippen molar-refractivity contribution in [1.82, 2.24) is 0 Å². The van der Waals surface area contributed by atoms with Crippen molar-refractivity contribution in [2.45, 2.75) is 58.9 Å². The third-order valence-corrected chi connectivity index (χ3v) is 2.27. The van der Waals surface area contributed by atoms with Crippen LogP contribution in [-0.2, 0) is 0 Å². The zero-order valence-corrected chi connectivity index (χ0v) is 9.14. The second-order valence-corrected chi connectivity index (χ2v) is 3.24. The van der Waals surface area contributed by atoms with E-state index in [0.717, 1.165) is 25.7 Å². The second kappa shape index (κ2) is 6.96. The molecule has 0 spiro atoms. The van der Waals surface area contributed by atoms with E-state index >= 15 is 0 Å². The third-order valence-electron chi connectivity index (χ3n) is 2.27. The molecule has 1 atom stereocenters. The Bertz CT molecular complexity index is 157. The summed E-state index contributed by atoms with van der Waals surface area (Å²) in [5.41, 5.74) is 6.92. The Morgan fingerprint density at radius 1 is 1.46 bits per heavy atom. The first-order chi connectivity index (χ1) is 6.25. The number of allylic oxidation sites excluding steroid dienone is 1. The van der Waals surface area contributed by atoms with Crippen molar-refractivity contribution in [2.75, 3.05) is 0 Å². The monoisotopic (exact) mass is 185 g/mol. The van der Waals surface area contributed by atoms with Crippen LogP contribution in [0.2, 0.25) is 0 Å². The van der Waals surface area contributed by atoms with E-state index in [1.54, 1.807) is 0 Å².